The molecule has 34 valence electrons. The molecule has 1 rings (SSSR count). The van der Waals surface area contributed by atoms with Gasteiger partial charge in [0, 0.05) is 0 Å². The van der Waals surface area contributed by atoms with Crippen LogP contribution < -0.4 is 0 Å². The van der Waals surface area contributed by atoms with E-state index in [1.807, 2.05) is 6.08 Å². The van der Waals surface area contributed by atoms with E-state index in [9.17, 15) is 0 Å². The van der Waals surface area contributed by atoms with Crippen molar-refractivity contribution < 1.29 is 0 Å². The highest BCUT2D eigenvalue weighted by molar-refractivity contribution is 6.24. The van der Waals surface area contributed by atoms with E-state index in [1.54, 1.807) is 0 Å². The Hall–Kier alpha value is -0.455. The van der Waals surface area contributed by atoms with Crippen LogP contribution in [-0.4, -0.2) is 7.85 Å². The summed E-state index contributed by atoms with van der Waals surface area (Å²) < 4.78 is 0. The lowest BCUT2D eigenvalue weighted by atomic mass is 9.94. The molecule has 1 aliphatic rings. The summed E-state index contributed by atoms with van der Waals surface area (Å²) in [5.41, 5.74) is 2.24. The molecular formula is C6H7B. The zero-order chi connectivity index (χ0) is 5.28. The summed E-state index contributed by atoms with van der Waals surface area (Å²) >= 11 is 0. The van der Waals surface area contributed by atoms with Gasteiger partial charge in [-0.15, -0.1) is 0 Å². The molecule has 0 spiro atoms. The minimum atomic E-state index is 0.944. The Morgan fingerprint density at radius 2 is 2.43 bits per heavy atom. The van der Waals surface area contributed by atoms with Crippen molar-refractivity contribution in [1.29, 1.82) is 0 Å². The van der Waals surface area contributed by atoms with Crippen molar-refractivity contribution in [2.24, 2.45) is 0 Å². The molecule has 0 aliphatic heterocycles. The van der Waals surface area contributed by atoms with E-state index in [2.05, 4.69) is 13.0 Å². The molecule has 0 amide bonds. The molecule has 0 heterocycles. The van der Waals surface area contributed by atoms with Gasteiger partial charge in [-0.25, -0.2) is 0 Å². The second-order valence-corrected chi connectivity index (χ2v) is 1.84. The monoisotopic (exact) mass is 90.1 g/mol. The zero-order valence-electron chi connectivity index (χ0n) is 4.44. The minimum absolute atomic E-state index is 0.944. The number of hydrogen-bond donors (Lipinski definition) is 0. The molecule has 0 unspecified atom stereocenters. The first-order chi connectivity index (χ1) is 3.30. The predicted octanol–water partition coefficient (Wildman–Crippen LogP) is 1.39. The van der Waals surface area contributed by atoms with Gasteiger partial charge < -0.3 is 0 Å². The minimum Gasteiger partial charge on any atom is -0.0977 e. The second-order valence-electron chi connectivity index (χ2n) is 1.84. The average molecular weight is 89.9 g/mol. The van der Waals surface area contributed by atoms with E-state index in [1.165, 1.54) is 5.57 Å². The van der Waals surface area contributed by atoms with Crippen LogP contribution in [-0.2, 0) is 0 Å². The highest BCUT2D eigenvalue weighted by Crippen LogP contribution is 2.13. The molecule has 0 saturated carbocycles. The fourth-order valence-electron chi connectivity index (χ4n) is 0.623. The van der Waals surface area contributed by atoms with Crippen LogP contribution in [0.3, 0.4) is 0 Å². The van der Waals surface area contributed by atoms with Gasteiger partial charge in [-0.3, -0.25) is 0 Å². The van der Waals surface area contributed by atoms with Crippen molar-refractivity contribution in [3.8, 4) is 0 Å². The summed E-state index contributed by atoms with van der Waals surface area (Å²) in [5.74, 6) is 0. The number of hydrogen-bond acceptors (Lipinski definition) is 0. The van der Waals surface area contributed by atoms with Crippen LogP contribution in [0.15, 0.2) is 23.2 Å². The van der Waals surface area contributed by atoms with Gasteiger partial charge in [0.15, 0.2) is 0 Å². The van der Waals surface area contributed by atoms with E-state index in [0.717, 1.165) is 11.9 Å². The summed E-state index contributed by atoms with van der Waals surface area (Å²) in [6.07, 6.45) is 5.08. The molecule has 0 aromatic carbocycles. The molecule has 0 aromatic heterocycles. The Morgan fingerprint density at radius 3 is 2.57 bits per heavy atom. The van der Waals surface area contributed by atoms with Gasteiger partial charge in [-0.05, 0) is 13.3 Å². The van der Waals surface area contributed by atoms with Crippen LogP contribution in [0.5, 0.6) is 0 Å². The third kappa shape index (κ3) is 0.765. The summed E-state index contributed by atoms with van der Waals surface area (Å²) in [4.78, 5) is 0. The molecule has 0 fully saturated rings. The summed E-state index contributed by atoms with van der Waals surface area (Å²) in [6.45, 7) is 2.05. The van der Waals surface area contributed by atoms with Gasteiger partial charge in [-0.2, -0.15) is 0 Å². The van der Waals surface area contributed by atoms with Gasteiger partial charge in [-0.1, -0.05) is 23.2 Å². The molecule has 0 aromatic rings. The largest absolute Gasteiger partial charge is 0.113 e. The predicted molar refractivity (Wildman–Crippen MR) is 32.2 cm³/mol. The molecule has 7 heavy (non-hydrogen) atoms. The SMILES string of the molecule is [B]C1=C(C)CC=C1. The lowest BCUT2D eigenvalue weighted by molar-refractivity contribution is 1.25. The van der Waals surface area contributed by atoms with Crippen LogP contribution in [0.25, 0.3) is 0 Å². The highest BCUT2D eigenvalue weighted by atomic mass is 14.0. The zero-order valence-corrected chi connectivity index (χ0v) is 4.44. The van der Waals surface area contributed by atoms with E-state index in [-0.39, 0.29) is 0 Å². The Kier molecular flexibility index (Phi) is 1.05. The van der Waals surface area contributed by atoms with Crippen molar-refractivity contribution >= 4 is 7.85 Å². The fourth-order valence-corrected chi connectivity index (χ4v) is 0.623. The van der Waals surface area contributed by atoms with Crippen LogP contribution in [0, 0.1) is 0 Å². The van der Waals surface area contributed by atoms with Crippen LogP contribution in [0.4, 0.5) is 0 Å². The quantitative estimate of drug-likeness (QED) is 0.394. The van der Waals surface area contributed by atoms with Gasteiger partial charge >= 0.3 is 0 Å². The van der Waals surface area contributed by atoms with Crippen molar-refractivity contribution in [2.45, 2.75) is 13.3 Å². The maximum atomic E-state index is 5.47. The van der Waals surface area contributed by atoms with Gasteiger partial charge in [0.2, 0.25) is 0 Å². The van der Waals surface area contributed by atoms with Crippen LogP contribution in [0.2, 0.25) is 0 Å². The molecule has 0 N–H and O–H groups in total. The van der Waals surface area contributed by atoms with E-state index < -0.39 is 0 Å². The Morgan fingerprint density at radius 1 is 1.71 bits per heavy atom. The van der Waals surface area contributed by atoms with Crippen LogP contribution in [0.1, 0.15) is 13.3 Å². The Bertz CT molecular complexity index is 131. The standard InChI is InChI=1S/C6H7B/c1-5-3-2-4-6(5)7/h2,4H,3H2,1H3. The summed E-state index contributed by atoms with van der Waals surface area (Å²) in [6, 6.07) is 0. The fraction of sp³-hybridized carbons (Fsp3) is 0.333. The van der Waals surface area contributed by atoms with E-state index in [4.69, 9.17) is 7.85 Å². The Labute approximate surface area is 45.3 Å². The summed E-state index contributed by atoms with van der Waals surface area (Å²) in [7, 11) is 5.47. The van der Waals surface area contributed by atoms with Gasteiger partial charge in [0.1, 0.15) is 7.85 Å². The highest BCUT2D eigenvalue weighted by Gasteiger charge is 1.95. The van der Waals surface area contributed by atoms with Crippen molar-refractivity contribution in [3.05, 3.63) is 23.2 Å². The van der Waals surface area contributed by atoms with Gasteiger partial charge in [0.05, 0.1) is 0 Å². The number of rotatable bonds is 0. The van der Waals surface area contributed by atoms with Crippen LogP contribution >= 0.6 is 0 Å². The maximum absolute atomic E-state index is 5.47. The van der Waals surface area contributed by atoms with Gasteiger partial charge in [0.25, 0.3) is 0 Å². The third-order valence-electron chi connectivity index (χ3n) is 1.21. The molecule has 0 bridgehead atoms. The second kappa shape index (κ2) is 1.57. The topological polar surface area (TPSA) is 0 Å². The lowest BCUT2D eigenvalue weighted by Gasteiger charge is -1.88. The lowest BCUT2D eigenvalue weighted by Crippen LogP contribution is -1.73. The smallest absolute Gasteiger partial charge is 0.0977 e. The molecule has 0 saturated heterocycles. The van der Waals surface area contributed by atoms with E-state index >= 15 is 0 Å². The summed E-state index contributed by atoms with van der Waals surface area (Å²) in [5, 5.41) is 0. The number of allylic oxidation sites excluding steroid dienone is 4. The molecular weight excluding hydrogens is 82.9 g/mol. The normalized spacial score (nSPS) is 19.0. The first kappa shape index (κ1) is 4.70. The first-order valence-corrected chi connectivity index (χ1v) is 2.42. The molecule has 1 aliphatic carbocycles. The van der Waals surface area contributed by atoms with Crippen molar-refractivity contribution in [2.75, 3.05) is 0 Å². The third-order valence-corrected chi connectivity index (χ3v) is 1.21. The Balaban J connectivity index is 2.79. The molecule has 2 radical (unpaired) electrons. The molecule has 1 heteroatoms. The maximum Gasteiger partial charge on any atom is 0.113 e. The first-order valence-electron chi connectivity index (χ1n) is 2.42. The average Bonchev–Trinajstić information content (AvgIpc) is 1.91. The molecule has 0 nitrogen and oxygen atoms in total. The van der Waals surface area contributed by atoms with E-state index in [0.29, 0.717) is 0 Å². The molecule has 0 atom stereocenters. The van der Waals surface area contributed by atoms with Crippen molar-refractivity contribution in [3.63, 3.8) is 0 Å². The van der Waals surface area contributed by atoms with Crippen molar-refractivity contribution in [1.82, 2.24) is 0 Å².